The summed E-state index contributed by atoms with van der Waals surface area (Å²) in [5, 5.41) is 0. The van der Waals surface area contributed by atoms with Crippen molar-refractivity contribution in [3.05, 3.63) is 53.6 Å². The summed E-state index contributed by atoms with van der Waals surface area (Å²) >= 11 is 0. The van der Waals surface area contributed by atoms with Crippen LogP contribution in [0.3, 0.4) is 0 Å². The molecule has 3 atom stereocenters. The van der Waals surface area contributed by atoms with Crippen molar-refractivity contribution in [2.75, 3.05) is 20.3 Å². The van der Waals surface area contributed by atoms with Crippen LogP contribution in [0.1, 0.15) is 29.4 Å². The summed E-state index contributed by atoms with van der Waals surface area (Å²) < 4.78 is 11.2. The van der Waals surface area contributed by atoms with Crippen LogP contribution in [0.2, 0.25) is 0 Å². The molecule has 0 spiro atoms. The highest BCUT2D eigenvalue weighted by molar-refractivity contribution is 5.92. The van der Waals surface area contributed by atoms with Gasteiger partial charge in [0.1, 0.15) is 12.0 Å². The third kappa shape index (κ3) is 1.80. The Hall–Kier alpha value is -2.33. The highest BCUT2D eigenvalue weighted by atomic mass is 16.5. The summed E-state index contributed by atoms with van der Waals surface area (Å²) in [6.07, 6.45) is 0.795. The fourth-order valence-electron chi connectivity index (χ4n) is 4.56. The molecule has 2 aromatic carbocycles. The number of methoxy groups -OCH3 is 1. The van der Waals surface area contributed by atoms with Crippen molar-refractivity contribution in [1.29, 1.82) is 0 Å². The van der Waals surface area contributed by atoms with Crippen molar-refractivity contribution in [3.8, 4) is 16.9 Å². The summed E-state index contributed by atoms with van der Waals surface area (Å²) in [4.78, 5) is 15.1. The van der Waals surface area contributed by atoms with Crippen LogP contribution in [-0.2, 0) is 9.53 Å². The molecular weight excluding hydrogens is 302 g/mol. The molecule has 1 amide bonds. The van der Waals surface area contributed by atoms with Gasteiger partial charge in [-0.2, -0.15) is 0 Å². The van der Waals surface area contributed by atoms with Gasteiger partial charge in [0.05, 0.1) is 19.6 Å². The van der Waals surface area contributed by atoms with E-state index in [1.54, 1.807) is 7.11 Å². The Labute approximate surface area is 141 Å². The maximum absolute atomic E-state index is 13.2. The van der Waals surface area contributed by atoms with Gasteiger partial charge in [0.15, 0.2) is 0 Å². The van der Waals surface area contributed by atoms with Gasteiger partial charge in [-0.25, -0.2) is 0 Å². The van der Waals surface area contributed by atoms with E-state index in [-0.39, 0.29) is 24.0 Å². The molecule has 0 unspecified atom stereocenters. The van der Waals surface area contributed by atoms with Crippen LogP contribution in [0.4, 0.5) is 0 Å². The molecule has 3 aliphatic rings. The third-order valence-electron chi connectivity index (χ3n) is 5.64. The molecule has 5 rings (SSSR count). The second-order valence-electron chi connectivity index (χ2n) is 6.72. The summed E-state index contributed by atoms with van der Waals surface area (Å²) in [5.41, 5.74) is 4.74. The van der Waals surface area contributed by atoms with Crippen molar-refractivity contribution in [2.45, 2.75) is 24.5 Å². The Bertz CT molecular complexity index is 831. The van der Waals surface area contributed by atoms with Gasteiger partial charge in [0.25, 0.3) is 0 Å². The average Bonchev–Trinajstić information content (AvgIpc) is 3.10. The van der Waals surface area contributed by atoms with E-state index in [0.29, 0.717) is 13.2 Å². The molecule has 0 aromatic heterocycles. The van der Waals surface area contributed by atoms with Crippen molar-refractivity contribution >= 4 is 5.91 Å². The number of piperidine rings is 1. The standard InChI is InChI=1S/C20H19NO3/c1-23-12-6-7-15-13-4-2-3-5-14(13)17-11-18-21(8-9-24-18)20(22)19(17)16(15)10-12/h2-7,10,17-19H,8-9,11H2,1H3/t17-,18-,19+/m1/s1. The SMILES string of the molecule is COc1ccc2c(c1)[C@@H]1C(=O)N3CCO[C@@H]3C[C@@H]1c1ccccc1-2. The molecule has 0 saturated carbocycles. The second kappa shape index (κ2) is 5.08. The summed E-state index contributed by atoms with van der Waals surface area (Å²) in [6.45, 7) is 1.34. The molecule has 0 bridgehead atoms. The minimum atomic E-state index is -0.136. The van der Waals surface area contributed by atoms with E-state index in [9.17, 15) is 4.79 Å². The zero-order chi connectivity index (χ0) is 16.3. The maximum Gasteiger partial charge on any atom is 0.232 e. The minimum Gasteiger partial charge on any atom is -0.497 e. The predicted molar refractivity (Wildman–Crippen MR) is 90.0 cm³/mol. The van der Waals surface area contributed by atoms with E-state index in [4.69, 9.17) is 9.47 Å². The first-order valence-corrected chi connectivity index (χ1v) is 8.47. The number of ether oxygens (including phenoxy) is 2. The number of nitrogens with zero attached hydrogens (tertiary/aromatic N) is 1. The lowest BCUT2D eigenvalue weighted by atomic mass is 9.68. The van der Waals surface area contributed by atoms with Gasteiger partial charge in [0, 0.05) is 18.9 Å². The Balaban J connectivity index is 1.74. The van der Waals surface area contributed by atoms with E-state index in [0.717, 1.165) is 23.3 Å². The summed E-state index contributed by atoms with van der Waals surface area (Å²) in [7, 11) is 1.67. The van der Waals surface area contributed by atoms with E-state index in [1.807, 2.05) is 17.0 Å². The monoisotopic (exact) mass is 321 g/mol. The Morgan fingerprint density at radius 3 is 2.83 bits per heavy atom. The highest BCUT2D eigenvalue weighted by Gasteiger charge is 2.48. The molecule has 2 aliphatic heterocycles. The van der Waals surface area contributed by atoms with Crippen molar-refractivity contribution in [3.63, 3.8) is 0 Å². The number of hydrogen-bond acceptors (Lipinski definition) is 3. The van der Waals surface area contributed by atoms with Gasteiger partial charge in [-0.3, -0.25) is 4.79 Å². The average molecular weight is 321 g/mol. The smallest absolute Gasteiger partial charge is 0.232 e. The van der Waals surface area contributed by atoms with Crippen molar-refractivity contribution in [2.24, 2.45) is 0 Å². The molecule has 2 fully saturated rings. The van der Waals surface area contributed by atoms with Crippen molar-refractivity contribution < 1.29 is 14.3 Å². The van der Waals surface area contributed by atoms with E-state index >= 15 is 0 Å². The molecule has 2 aromatic rings. The zero-order valence-corrected chi connectivity index (χ0v) is 13.6. The minimum absolute atomic E-state index is 0.0704. The Morgan fingerprint density at radius 1 is 1.12 bits per heavy atom. The Kier molecular flexibility index (Phi) is 2.98. The van der Waals surface area contributed by atoms with Gasteiger partial charge in [-0.05, 0) is 34.4 Å². The largest absolute Gasteiger partial charge is 0.497 e. The topological polar surface area (TPSA) is 38.8 Å². The third-order valence-corrected chi connectivity index (χ3v) is 5.64. The maximum atomic E-state index is 13.2. The Morgan fingerprint density at radius 2 is 1.96 bits per heavy atom. The number of hydrogen-bond donors (Lipinski definition) is 0. The number of amides is 1. The molecule has 122 valence electrons. The number of rotatable bonds is 1. The first-order valence-electron chi connectivity index (χ1n) is 8.47. The lowest BCUT2D eigenvalue weighted by Crippen LogP contribution is -2.47. The number of carbonyl (C=O) groups excluding carboxylic acids is 1. The van der Waals surface area contributed by atoms with Gasteiger partial charge in [0.2, 0.25) is 5.91 Å². The molecular formula is C20H19NO3. The lowest BCUT2D eigenvalue weighted by molar-refractivity contribution is -0.143. The summed E-state index contributed by atoms with van der Waals surface area (Å²) in [5.74, 6) is 1.04. The van der Waals surface area contributed by atoms with Crippen LogP contribution in [0.25, 0.3) is 11.1 Å². The van der Waals surface area contributed by atoms with Crippen LogP contribution >= 0.6 is 0 Å². The molecule has 24 heavy (non-hydrogen) atoms. The van der Waals surface area contributed by atoms with Gasteiger partial charge in [-0.1, -0.05) is 30.3 Å². The van der Waals surface area contributed by atoms with Crippen LogP contribution in [0, 0.1) is 0 Å². The zero-order valence-electron chi connectivity index (χ0n) is 13.6. The van der Waals surface area contributed by atoms with E-state index < -0.39 is 0 Å². The molecule has 0 radical (unpaired) electrons. The van der Waals surface area contributed by atoms with Crippen LogP contribution in [0.15, 0.2) is 42.5 Å². The highest BCUT2D eigenvalue weighted by Crippen LogP contribution is 2.53. The van der Waals surface area contributed by atoms with Gasteiger partial charge >= 0.3 is 0 Å². The molecule has 0 N–H and O–H groups in total. The fraction of sp³-hybridized carbons (Fsp3) is 0.350. The molecule has 1 aliphatic carbocycles. The molecule has 4 nitrogen and oxygen atoms in total. The number of fused-ring (bicyclic) bond motifs is 7. The van der Waals surface area contributed by atoms with Gasteiger partial charge < -0.3 is 14.4 Å². The second-order valence-corrected chi connectivity index (χ2v) is 6.72. The molecule has 2 saturated heterocycles. The van der Waals surface area contributed by atoms with E-state index in [2.05, 4.69) is 30.3 Å². The number of carbonyl (C=O) groups is 1. The van der Waals surface area contributed by atoms with Crippen LogP contribution in [0.5, 0.6) is 5.75 Å². The first kappa shape index (κ1) is 14.1. The fourth-order valence-corrected chi connectivity index (χ4v) is 4.56. The molecule has 4 heteroatoms. The number of benzene rings is 2. The lowest BCUT2D eigenvalue weighted by Gasteiger charge is -2.43. The predicted octanol–water partition coefficient (Wildman–Crippen LogP) is 3.13. The van der Waals surface area contributed by atoms with E-state index in [1.165, 1.54) is 11.1 Å². The van der Waals surface area contributed by atoms with Crippen molar-refractivity contribution in [1.82, 2.24) is 4.90 Å². The normalized spacial score (nSPS) is 27.1. The van der Waals surface area contributed by atoms with Crippen LogP contribution in [-0.4, -0.2) is 37.3 Å². The van der Waals surface area contributed by atoms with Gasteiger partial charge in [-0.15, -0.1) is 0 Å². The summed E-state index contributed by atoms with van der Waals surface area (Å²) in [6, 6.07) is 14.6. The quantitative estimate of drug-likeness (QED) is 0.810. The first-order chi connectivity index (χ1) is 11.8. The molecule has 2 heterocycles. The van der Waals surface area contributed by atoms with Crippen LogP contribution < -0.4 is 4.74 Å².